The molecule has 0 spiro atoms. The van der Waals surface area contributed by atoms with E-state index in [1.54, 1.807) is 6.07 Å². The third-order valence-corrected chi connectivity index (χ3v) is 3.43. The van der Waals surface area contributed by atoms with Crippen molar-refractivity contribution in [2.75, 3.05) is 6.54 Å². The summed E-state index contributed by atoms with van der Waals surface area (Å²) >= 11 is 0. The number of ether oxygens (including phenoxy) is 1. The molecular weight excluding hydrogens is 255 g/mol. The van der Waals surface area contributed by atoms with Crippen molar-refractivity contribution in [2.24, 2.45) is 0 Å². The zero-order chi connectivity index (χ0) is 14.0. The van der Waals surface area contributed by atoms with Gasteiger partial charge < -0.3 is 4.74 Å². The molecule has 106 valence electrons. The largest absolute Gasteiger partial charge is 0.573 e. The van der Waals surface area contributed by atoms with Crippen LogP contribution in [0.4, 0.5) is 13.2 Å². The lowest BCUT2D eigenvalue weighted by Crippen LogP contribution is -2.30. The van der Waals surface area contributed by atoms with E-state index < -0.39 is 6.36 Å². The molecule has 1 heterocycles. The number of rotatable bonds is 3. The minimum atomic E-state index is -4.63. The highest BCUT2D eigenvalue weighted by Crippen LogP contribution is 2.35. The van der Waals surface area contributed by atoms with Gasteiger partial charge in [-0.2, -0.15) is 0 Å². The molecule has 0 radical (unpaired) electrons. The van der Waals surface area contributed by atoms with Crippen molar-refractivity contribution >= 4 is 0 Å². The summed E-state index contributed by atoms with van der Waals surface area (Å²) in [5.41, 5.74) is 0.896. The smallest absolute Gasteiger partial charge is 0.406 e. The summed E-state index contributed by atoms with van der Waals surface area (Å²) in [6.45, 7) is 5.20. The van der Waals surface area contributed by atoms with E-state index in [2.05, 4.69) is 23.5 Å². The number of likely N-dealkylation sites (tertiary alicyclic amines) is 1. The molecule has 1 unspecified atom stereocenters. The Kier molecular flexibility index (Phi) is 4.04. The Hall–Kier alpha value is -1.23. The van der Waals surface area contributed by atoms with E-state index in [-0.39, 0.29) is 11.8 Å². The van der Waals surface area contributed by atoms with E-state index in [4.69, 9.17) is 0 Å². The third kappa shape index (κ3) is 3.62. The molecule has 0 aromatic heterocycles. The molecule has 1 aromatic carbocycles. The van der Waals surface area contributed by atoms with Crippen LogP contribution in [0.15, 0.2) is 24.3 Å². The van der Waals surface area contributed by atoms with E-state index in [0.29, 0.717) is 6.04 Å². The van der Waals surface area contributed by atoms with Crippen molar-refractivity contribution in [3.8, 4) is 5.75 Å². The van der Waals surface area contributed by atoms with Crippen LogP contribution in [0.2, 0.25) is 0 Å². The molecule has 0 saturated carbocycles. The summed E-state index contributed by atoms with van der Waals surface area (Å²) in [7, 11) is 0. The predicted molar refractivity (Wildman–Crippen MR) is 66.9 cm³/mol. The summed E-state index contributed by atoms with van der Waals surface area (Å²) in [5, 5.41) is 0. The van der Waals surface area contributed by atoms with Crippen molar-refractivity contribution < 1.29 is 17.9 Å². The first-order valence-corrected chi connectivity index (χ1v) is 6.48. The molecule has 1 fully saturated rings. The van der Waals surface area contributed by atoms with Crippen LogP contribution in [0.5, 0.6) is 5.75 Å². The van der Waals surface area contributed by atoms with E-state index in [1.165, 1.54) is 12.1 Å². The summed E-state index contributed by atoms with van der Waals surface area (Å²) in [6, 6.07) is 6.91. The Morgan fingerprint density at radius 2 is 2.05 bits per heavy atom. The minimum Gasteiger partial charge on any atom is -0.406 e. The fourth-order valence-electron chi connectivity index (χ4n) is 2.68. The van der Waals surface area contributed by atoms with Gasteiger partial charge in [0.25, 0.3) is 0 Å². The monoisotopic (exact) mass is 273 g/mol. The number of halogens is 3. The minimum absolute atomic E-state index is 0.138. The highest BCUT2D eigenvalue weighted by atomic mass is 19.4. The van der Waals surface area contributed by atoms with Crippen molar-refractivity contribution in [2.45, 2.75) is 45.1 Å². The highest BCUT2D eigenvalue weighted by Gasteiger charge is 2.32. The zero-order valence-electron chi connectivity index (χ0n) is 11.1. The number of nitrogens with zero attached hydrogens (tertiary/aromatic N) is 1. The average molecular weight is 273 g/mol. The Morgan fingerprint density at radius 3 is 2.68 bits per heavy atom. The number of benzene rings is 1. The van der Waals surface area contributed by atoms with Gasteiger partial charge in [0.1, 0.15) is 5.75 Å². The molecule has 5 heteroatoms. The van der Waals surface area contributed by atoms with Crippen LogP contribution < -0.4 is 4.74 Å². The molecule has 2 rings (SSSR count). The molecule has 1 aliphatic heterocycles. The fourth-order valence-corrected chi connectivity index (χ4v) is 2.68. The Morgan fingerprint density at radius 1 is 1.32 bits per heavy atom. The van der Waals surface area contributed by atoms with Gasteiger partial charge in [-0.25, -0.2) is 0 Å². The lowest BCUT2D eigenvalue weighted by Gasteiger charge is -2.28. The molecule has 1 atom stereocenters. The maximum atomic E-state index is 12.2. The van der Waals surface area contributed by atoms with Crippen molar-refractivity contribution in [1.29, 1.82) is 0 Å². The van der Waals surface area contributed by atoms with Gasteiger partial charge in [-0.15, -0.1) is 13.2 Å². The van der Waals surface area contributed by atoms with Gasteiger partial charge in [0.05, 0.1) is 0 Å². The summed E-state index contributed by atoms with van der Waals surface area (Å²) < 4.78 is 40.6. The van der Waals surface area contributed by atoms with E-state index in [1.807, 2.05) is 6.07 Å². The third-order valence-electron chi connectivity index (χ3n) is 3.43. The Labute approximate surface area is 111 Å². The highest BCUT2D eigenvalue weighted by molar-refractivity contribution is 5.31. The van der Waals surface area contributed by atoms with Crippen LogP contribution in [0.25, 0.3) is 0 Å². The number of alkyl halides is 3. The summed E-state index contributed by atoms with van der Waals surface area (Å²) in [6.07, 6.45) is -2.58. The van der Waals surface area contributed by atoms with Crippen LogP contribution in [-0.2, 0) is 0 Å². The first kappa shape index (κ1) is 14.2. The first-order valence-electron chi connectivity index (χ1n) is 6.48. The fraction of sp³-hybridized carbons (Fsp3) is 0.571. The normalized spacial score (nSPS) is 21.1. The topological polar surface area (TPSA) is 12.5 Å². The van der Waals surface area contributed by atoms with Crippen LogP contribution in [0.3, 0.4) is 0 Å². The van der Waals surface area contributed by atoms with E-state index >= 15 is 0 Å². The van der Waals surface area contributed by atoms with Gasteiger partial charge in [0, 0.05) is 12.1 Å². The molecule has 0 bridgehead atoms. The maximum absolute atomic E-state index is 12.2. The molecule has 1 aliphatic rings. The summed E-state index contributed by atoms with van der Waals surface area (Å²) in [4.78, 5) is 2.31. The second-order valence-corrected chi connectivity index (χ2v) is 5.11. The van der Waals surface area contributed by atoms with Crippen LogP contribution in [0.1, 0.15) is 38.3 Å². The van der Waals surface area contributed by atoms with Gasteiger partial charge in [-0.05, 0) is 50.9 Å². The van der Waals surface area contributed by atoms with E-state index in [9.17, 15) is 13.2 Å². The maximum Gasteiger partial charge on any atom is 0.573 e. The predicted octanol–water partition coefficient (Wildman–Crippen LogP) is 4.13. The molecular formula is C14H18F3NO. The van der Waals surface area contributed by atoms with Gasteiger partial charge in [-0.1, -0.05) is 12.1 Å². The van der Waals surface area contributed by atoms with Gasteiger partial charge in [0.2, 0.25) is 0 Å². The van der Waals surface area contributed by atoms with E-state index in [0.717, 1.165) is 24.9 Å². The van der Waals surface area contributed by atoms with Crippen LogP contribution in [-0.4, -0.2) is 23.8 Å². The van der Waals surface area contributed by atoms with Crippen LogP contribution in [0, 0.1) is 0 Å². The molecule has 1 aromatic rings. The molecule has 0 amide bonds. The quantitative estimate of drug-likeness (QED) is 0.821. The van der Waals surface area contributed by atoms with Crippen molar-refractivity contribution in [3.05, 3.63) is 29.8 Å². The average Bonchev–Trinajstić information content (AvgIpc) is 2.75. The molecule has 0 aliphatic carbocycles. The van der Waals surface area contributed by atoms with Gasteiger partial charge >= 0.3 is 6.36 Å². The Balaban J connectivity index is 2.18. The molecule has 1 saturated heterocycles. The Bertz CT molecular complexity index is 431. The molecule has 2 nitrogen and oxygen atoms in total. The number of hydrogen-bond acceptors (Lipinski definition) is 2. The lowest BCUT2D eigenvalue weighted by atomic mass is 10.0. The second-order valence-electron chi connectivity index (χ2n) is 5.11. The first-order chi connectivity index (χ1) is 8.87. The second kappa shape index (κ2) is 5.41. The SMILES string of the molecule is CC(C)N1CCCC1c1cccc(OC(F)(F)F)c1. The van der Waals surface area contributed by atoms with Crippen LogP contribution >= 0.6 is 0 Å². The molecule has 0 N–H and O–H groups in total. The standard InChI is InChI=1S/C14H18F3NO/c1-10(2)18-8-4-7-13(18)11-5-3-6-12(9-11)19-14(15,16)17/h3,5-6,9-10,13H,4,7-8H2,1-2H3. The van der Waals surface area contributed by atoms with Gasteiger partial charge in [-0.3, -0.25) is 4.90 Å². The van der Waals surface area contributed by atoms with Crippen molar-refractivity contribution in [3.63, 3.8) is 0 Å². The zero-order valence-corrected chi connectivity index (χ0v) is 11.1. The van der Waals surface area contributed by atoms with Crippen molar-refractivity contribution in [1.82, 2.24) is 4.90 Å². The number of hydrogen-bond donors (Lipinski definition) is 0. The summed E-state index contributed by atoms with van der Waals surface area (Å²) in [5.74, 6) is -0.138. The van der Waals surface area contributed by atoms with Gasteiger partial charge in [0.15, 0.2) is 0 Å². The lowest BCUT2D eigenvalue weighted by molar-refractivity contribution is -0.274. The molecule has 19 heavy (non-hydrogen) atoms.